The van der Waals surface area contributed by atoms with Crippen molar-refractivity contribution in [3.8, 4) is 0 Å². The Bertz CT molecular complexity index is 344. The number of rotatable bonds is 5. The summed E-state index contributed by atoms with van der Waals surface area (Å²) < 4.78 is 75.6. The molecular weight excluding hydrogens is 314 g/mol. The average Bonchev–Trinajstić information content (AvgIpc) is 2.15. The van der Waals surface area contributed by atoms with E-state index in [0.29, 0.717) is 0 Å². The smallest absolute Gasteiger partial charge is 0.267 e. The van der Waals surface area contributed by atoms with Crippen molar-refractivity contribution in [1.29, 1.82) is 0 Å². The Kier molecular flexibility index (Phi) is 15.7. The maximum atomic E-state index is 10.9. The zero-order valence-corrected chi connectivity index (χ0v) is 11.7. The molecule has 0 heterocycles. The van der Waals surface area contributed by atoms with Gasteiger partial charge in [0.05, 0.1) is 12.7 Å². The first-order valence-corrected chi connectivity index (χ1v) is 7.92. The van der Waals surface area contributed by atoms with Crippen LogP contribution in [0, 0.1) is 0 Å². The zero-order chi connectivity index (χ0) is 16.1. The molecule has 0 saturated carbocycles. The van der Waals surface area contributed by atoms with Gasteiger partial charge in [0.2, 0.25) is 0 Å². The van der Waals surface area contributed by atoms with Crippen LogP contribution in [0.4, 0.5) is 8.78 Å². The second-order valence-corrected chi connectivity index (χ2v) is 6.13. The Labute approximate surface area is 110 Å². The lowest BCUT2D eigenvalue weighted by Crippen LogP contribution is -2.04. The molecule has 4 N–H and O–H groups in total. The molecule has 12 heteroatoms. The lowest BCUT2D eigenvalue weighted by atomic mass is 10.5. The van der Waals surface area contributed by atoms with E-state index in [1.54, 1.807) is 0 Å². The number of halogens is 2. The first kappa shape index (κ1) is 23.7. The second kappa shape index (κ2) is 12.6. The molecule has 1 atom stereocenters. The maximum Gasteiger partial charge on any atom is 0.267 e. The molecule has 0 aromatic rings. The fraction of sp³-hybridized carbons (Fsp3) is 1.00. The molecule has 0 aromatic heterocycles. The van der Waals surface area contributed by atoms with Gasteiger partial charge in [-0.2, -0.15) is 16.8 Å². The van der Waals surface area contributed by atoms with E-state index < -0.39 is 51.2 Å². The Hall–Kier alpha value is -0.400. The maximum absolute atomic E-state index is 10.9. The third kappa shape index (κ3) is 46.5. The second-order valence-electron chi connectivity index (χ2n) is 2.98. The van der Waals surface area contributed by atoms with Crippen LogP contribution in [0.25, 0.3) is 0 Å². The third-order valence-electron chi connectivity index (χ3n) is 0.934. The first-order chi connectivity index (χ1) is 8.39. The predicted octanol–water partition coefficient (Wildman–Crippen LogP) is -0.953. The quantitative estimate of drug-likeness (QED) is 0.471. The molecule has 0 bridgehead atoms. The highest BCUT2D eigenvalue weighted by molar-refractivity contribution is 7.86. The molecule has 0 aliphatic carbocycles. The highest BCUT2D eigenvalue weighted by Crippen LogP contribution is 1.80. The van der Waals surface area contributed by atoms with Crippen molar-refractivity contribution >= 4 is 20.2 Å². The van der Waals surface area contributed by atoms with E-state index in [4.69, 9.17) is 19.3 Å². The molecule has 0 amide bonds. The highest BCUT2D eigenvalue weighted by atomic mass is 32.2. The van der Waals surface area contributed by atoms with Gasteiger partial charge in [-0.05, 0) is 6.92 Å². The van der Waals surface area contributed by atoms with Crippen molar-refractivity contribution in [3.05, 3.63) is 0 Å². The van der Waals surface area contributed by atoms with Crippen LogP contribution < -0.4 is 0 Å². The van der Waals surface area contributed by atoms with Gasteiger partial charge in [-0.1, -0.05) is 0 Å². The molecule has 0 aliphatic rings. The van der Waals surface area contributed by atoms with Gasteiger partial charge < -0.3 is 10.2 Å². The van der Waals surface area contributed by atoms with Crippen molar-refractivity contribution in [2.75, 3.05) is 31.5 Å². The Morgan fingerprint density at radius 1 is 0.947 bits per heavy atom. The zero-order valence-electron chi connectivity index (χ0n) is 10.1. The van der Waals surface area contributed by atoms with E-state index in [1.807, 2.05) is 0 Å². The van der Waals surface area contributed by atoms with Crippen LogP contribution in [-0.2, 0) is 20.2 Å². The normalized spacial score (nSPS) is 12.6. The van der Waals surface area contributed by atoms with Crippen molar-refractivity contribution in [1.82, 2.24) is 0 Å². The van der Waals surface area contributed by atoms with Gasteiger partial charge in [0.1, 0.15) is 24.9 Å². The summed E-state index contributed by atoms with van der Waals surface area (Å²) >= 11 is 0. The van der Waals surface area contributed by atoms with Crippen molar-refractivity contribution in [2.24, 2.45) is 0 Å². The SMILES string of the molecule is CC(O)CO.O=S(=O)(O)CCF.O=S(=O)(O)CCF. The fourth-order valence-electron chi connectivity index (χ4n) is 0.195. The molecule has 0 radical (unpaired) electrons. The standard InChI is InChI=1S/C3H8O2.2C2H5FO3S/c1-3(5)2-4;2*3-1-2-7(4,5)6/h3-5H,2H2,1H3;2*1-2H2,(H,4,5,6). The lowest BCUT2D eigenvalue weighted by molar-refractivity contribution is 0.110. The molecular formula is C7H18F2O8S2. The summed E-state index contributed by atoms with van der Waals surface area (Å²) in [5, 5.41) is 16.0. The Morgan fingerprint density at radius 2 is 1.16 bits per heavy atom. The number of hydrogen-bond acceptors (Lipinski definition) is 6. The summed E-state index contributed by atoms with van der Waals surface area (Å²) in [5.74, 6) is -1.60. The molecule has 0 spiro atoms. The topological polar surface area (TPSA) is 149 Å². The van der Waals surface area contributed by atoms with Gasteiger partial charge in [-0.15, -0.1) is 0 Å². The molecule has 0 saturated heterocycles. The Balaban J connectivity index is -0.000000206. The summed E-state index contributed by atoms with van der Waals surface area (Å²) in [6, 6.07) is 0. The molecule has 19 heavy (non-hydrogen) atoms. The van der Waals surface area contributed by atoms with E-state index in [2.05, 4.69) is 0 Å². The van der Waals surface area contributed by atoms with Crippen LogP contribution in [0.5, 0.6) is 0 Å². The van der Waals surface area contributed by atoms with E-state index in [-0.39, 0.29) is 6.61 Å². The van der Waals surface area contributed by atoms with Crippen LogP contribution in [-0.4, -0.2) is 73.7 Å². The van der Waals surface area contributed by atoms with Gasteiger partial charge in [0.15, 0.2) is 0 Å². The number of aliphatic hydroxyl groups excluding tert-OH is 2. The van der Waals surface area contributed by atoms with Crippen LogP contribution in [0.1, 0.15) is 6.92 Å². The summed E-state index contributed by atoms with van der Waals surface area (Å²) in [5.41, 5.74) is 0. The van der Waals surface area contributed by atoms with E-state index in [0.717, 1.165) is 0 Å². The van der Waals surface area contributed by atoms with Gasteiger partial charge in [0, 0.05) is 0 Å². The fourth-order valence-corrected chi connectivity index (χ4v) is 0.585. The molecule has 0 fully saturated rings. The largest absolute Gasteiger partial charge is 0.394 e. The Morgan fingerprint density at radius 3 is 1.16 bits per heavy atom. The summed E-state index contributed by atoms with van der Waals surface area (Å²) in [6.07, 6.45) is -0.560. The molecule has 0 aromatic carbocycles. The van der Waals surface area contributed by atoms with Crippen LogP contribution in [0.3, 0.4) is 0 Å². The van der Waals surface area contributed by atoms with Crippen molar-refractivity contribution in [3.63, 3.8) is 0 Å². The molecule has 1 unspecified atom stereocenters. The minimum Gasteiger partial charge on any atom is -0.394 e. The summed E-state index contributed by atoms with van der Waals surface area (Å²) in [6.45, 7) is -0.669. The number of hydrogen-bond donors (Lipinski definition) is 4. The molecule has 8 nitrogen and oxygen atoms in total. The summed E-state index contributed by atoms with van der Waals surface area (Å²) in [4.78, 5) is 0. The lowest BCUT2D eigenvalue weighted by Gasteiger charge is -1.90. The third-order valence-corrected chi connectivity index (χ3v) is 2.27. The summed E-state index contributed by atoms with van der Waals surface area (Å²) in [7, 11) is -8.10. The van der Waals surface area contributed by atoms with Gasteiger partial charge in [0.25, 0.3) is 20.2 Å². The van der Waals surface area contributed by atoms with Crippen molar-refractivity contribution in [2.45, 2.75) is 13.0 Å². The van der Waals surface area contributed by atoms with Crippen LogP contribution in [0.15, 0.2) is 0 Å². The minimum atomic E-state index is -4.05. The van der Waals surface area contributed by atoms with Gasteiger partial charge in [-0.3, -0.25) is 9.11 Å². The molecule has 0 aliphatic heterocycles. The monoisotopic (exact) mass is 332 g/mol. The van der Waals surface area contributed by atoms with Crippen LogP contribution >= 0.6 is 0 Å². The number of alkyl halides is 2. The molecule has 120 valence electrons. The van der Waals surface area contributed by atoms with Gasteiger partial charge >= 0.3 is 0 Å². The number of aliphatic hydroxyl groups is 2. The first-order valence-electron chi connectivity index (χ1n) is 4.70. The minimum absolute atomic E-state index is 0.139. The van der Waals surface area contributed by atoms with E-state index >= 15 is 0 Å². The highest BCUT2D eigenvalue weighted by Gasteiger charge is 2.00. The van der Waals surface area contributed by atoms with E-state index in [1.165, 1.54) is 6.92 Å². The van der Waals surface area contributed by atoms with Gasteiger partial charge in [-0.25, -0.2) is 8.78 Å². The van der Waals surface area contributed by atoms with E-state index in [9.17, 15) is 25.6 Å². The van der Waals surface area contributed by atoms with Crippen LogP contribution in [0.2, 0.25) is 0 Å². The average molecular weight is 332 g/mol. The molecule has 0 rings (SSSR count). The predicted molar refractivity (Wildman–Crippen MR) is 63.5 cm³/mol. The van der Waals surface area contributed by atoms with Crippen molar-refractivity contribution < 1.29 is 44.9 Å².